The molecule has 17 heavy (non-hydrogen) atoms. The third-order valence-corrected chi connectivity index (χ3v) is 4.37. The lowest BCUT2D eigenvalue weighted by Gasteiger charge is -2.24. The molecule has 0 amide bonds. The number of hydrogen-bond acceptors (Lipinski definition) is 1. The minimum absolute atomic E-state index is 0.622. The molecule has 2 saturated carbocycles. The van der Waals surface area contributed by atoms with Gasteiger partial charge in [-0.2, -0.15) is 0 Å². The van der Waals surface area contributed by atoms with E-state index in [0.29, 0.717) is 12.1 Å². The lowest BCUT2D eigenvalue weighted by atomic mass is 9.97. The summed E-state index contributed by atoms with van der Waals surface area (Å²) in [4.78, 5) is 0. The van der Waals surface area contributed by atoms with Crippen molar-refractivity contribution < 1.29 is 0 Å². The minimum atomic E-state index is 0.622. The molecule has 2 nitrogen and oxygen atoms in total. The predicted octanol–water partition coefficient (Wildman–Crippen LogP) is 3.51. The van der Waals surface area contributed by atoms with Crippen molar-refractivity contribution >= 4 is 17.3 Å². The van der Waals surface area contributed by atoms with Crippen LogP contribution in [0.2, 0.25) is 0 Å². The van der Waals surface area contributed by atoms with E-state index in [4.69, 9.17) is 12.2 Å². The second-order valence-corrected chi connectivity index (χ2v) is 6.05. The molecule has 2 rings (SSSR count). The highest BCUT2D eigenvalue weighted by molar-refractivity contribution is 7.80. The molecule has 0 atom stereocenters. The second-order valence-electron chi connectivity index (χ2n) is 5.64. The summed E-state index contributed by atoms with van der Waals surface area (Å²) in [5.41, 5.74) is 0. The highest BCUT2D eigenvalue weighted by Gasteiger charge is 2.17. The molecule has 0 unspecified atom stereocenters. The summed E-state index contributed by atoms with van der Waals surface area (Å²) in [5, 5.41) is 7.92. The zero-order valence-electron chi connectivity index (χ0n) is 10.8. The monoisotopic (exact) mass is 254 g/mol. The van der Waals surface area contributed by atoms with Crippen LogP contribution < -0.4 is 10.6 Å². The van der Waals surface area contributed by atoms with Gasteiger partial charge in [-0.3, -0.25) is 0 Å². The Kier molecular flexibility index (Phi) is 5.56. The molecule has 2 N–H and O–H groups in total. The summed E-state index contributed by atoms with van der Waals surface area (Å²) < 4.78 is 0. The van der Waals surface area contributed by atoms with Gasteiger partial charge in [-0.25, -0.2) is 0 Å². The fraction of sp³-hybridized carbons (Fsp3) is 0.929. The van der Waals surface area contributed by atoms with Crippen molar-refractivity contribution in [1.29, 1.82) is 0 Å². The van der Waals surface area contributed by atoms with Crippen molar-refractivity contribution in [3.05, 3.63) is 0 Å². The lowest BCUT2D eigenvalue weighted by Crippen LogP contribution is -2.45. The molecule has 0 radical (unpaired) electrons. The van der Waals surface area contributed by atoms with Crippen molar-refractivity contribution in [2.75, 3.05) is 0 Å². The number of hydrogen-bond donors (Lipinski definition) is 2. The van der Waals surface area contributed by atoms with E-state index >= 15 is 0 Å². The van der Waals surface area contributed by atoms with Gasteiger partial charge in [-0.15, -0.1) is 0 Å². The van der Waals surface area contributed by atoms with E-state index in [0.717, 1.165) is 5.11 Å². The van der Waals surface area contributed by atoms with Crippen LogP contribution in [0.15, 0.2) is 0 Å². The quantitative estimate of drug-likeness (QED) is 0.738. The molecule has 0 saturated heterocycles. The van der Waals surface area contributed by atoms with Gasteiger partial charge in [0.25, 0.3) is 0 Å². The van der Waals surface area contributed by atoms with Crippen molar-refractivity contribution in [1.82, 2.24) is 10.6 Å². The summed E-state index contributed by atoms with van der Waals surface area (Å²) >= 11 is 5.43. The molecular weight excluding hydrogens is 228 g/mol. The highest BCUT2D eigenvalue weighted by Crippen LogP contribution is 2.19. The Balaban J connectivity index is 1.68. The predicted molar refractivity (Wildman–Crippen MR) is 77.2 cm³/mol. The zero-order valence-corrected chi connectivity index (χ0v) is 11.7. The molecule has 0 spiro atoms. The van der Waals surface area contributed by atoms with Crippen LogP contribution in [0.4, 0.5) is 0 Å². The molecule has 98 valence electrons. The van der Waals surface area contributed by atoms with Gasteiger partial charge in [-0.05, 0) is 37.9 Å². The van der Waals surface area contributed by atoms with Gasteiger partial charge in [0, 0.05) is 12.1 Å². The number of thiocarbonyl (C=S) groups is 1. The van der Waals surface area contributed by atoms with E-state index in [9.17, 15) is 0 Å². The van der Waals surface area contributed by atoms with Crippen LogP contribution in [-0.4, -0.2) is 17.2 Å². The summed E-state index contributed by atoms with van der Waals surface area (Å²) in [7, 11) is 0. The molecule has 0 heterocycles. The lowest BCUT2D eigenvalue weighted by molar-refractivity contribution is 0.425. The van der Waals surface area contributed by atoms with Crippen molar-refractivity contribution in [3.8, 4) is 0 Å². The number of rotatable bonds is 2. The van der Waals surface area contributed by atoms with Crippen molar-refractivity contribution in [2.24, 2.45) is 0 Å². The third-order valence-electron chi connectivity index (χ3n) is 4.13. The van der Waals surface area contributed by atoms with Crippen LogP contribution in [0.3, 0.4) is 0 Å². The highest BCUT2D eigenvalue weighted by atomic mass is 32.1. The summed E-state index contributed by atoms with van der Waals surface area (Å²) in [6.07, 6.45) is 14.9. The average Bonchev–Trinajstić information content (AvgIpc) is 2.74. The molecule has 2 aliphatic carbocycles. The largest absolute Gasteiger partial charge is 0.360 e. The smallest absolute Gasteiger partial charge is 0.166 e. The molecule has 0 aromatic heterocycles. The molecule has 0 bridgehead atoms. The molecule has 0 aromatic carbocycles. The Hall–Kier alpha value is -0.310. The van der Waals surface area contributed by atoms with E-state index in [-0.39, 0.29) is 0 Å². The first kappa shape index (κ1) is 13.1. The van der Waals surface area contributed by atoms with Gasteiger partial charge in [0.05, 0.1) is 0 Å². The molecular formula is C14H26N2S. The Bertz CT molecular complexity index is 228. The van der Waals surface area contributed by atoms with Crippen LogP contribution >= 0.6 is 12.2 Å². The number of nitrogens with one attached hydrogen (secondary N) is 2. The van der Waals surface area contributed by atoms with Gasteiger partial charge >= 0.3 is 0 Å². The van der Waals surface area contributed by atoms with Gasteiger partial charge in [-0.1, -0.05) is 44.9 Å². The van der Waals surface area contributed by atoms with Crippen LogP contribution in [0, 0.1) is 0 Å². The summed E-state index contributed by atoms with van der Waals surface area (Å²) in [5.74, 6) is 0. The first-order valence-electron chi connectivity index (χ1n) is 7.41. The van der Waals surface area contributed by atoms with Crippen LogP contribution in [0.5, 0.6) is 0 Å². The van der Waals surface area contributed by atoms with Gasteiger partial charge in [0.2, 0.25) is 0 Å². The van der Waals surface area contributed by atoms with Gasteiger partial charge in [0.1, 0.15) is 0 Å². The standard InChI is InChI=1S/C14H26N2S/c17-14(16-13-10-6-7-11-13)15-12-8-4-2-1-3-5-9-12/h12-13H,1-11H2,(H2,15,16,17). The Morgan fingerprint density at radius 1 is 0.647 bits per heavy atom. The molecule has 3 heteroatoms. The van der Waals surface area contributed by atoms with E-state index in [2.05, 4.69) is 10.6 Å². The Labute approximate surface area is 111 Å². The molecule has 0 aliphatic heterocycles. The zero-order chi connectivity index (χ0) is 11.9. The second kappa shape index (κ2) is 7.20. The Morgan fingerprint density at radius 2 is 1.00 bits per heavy atom. The summed E-state index contributed by atoms with van der Waals surface area (Å²) in [6, 6.07) is 1.26. The van der Waals surface area contributed by atoms with E-state index in [1.165, 1.54) is 70.6 Å². The van der Waals surface area contributed by atoms with E-state index in [1.54, 1.807) is 0 Å². The molecule has 0 aromatic rings. The van der Waals surface area contributed by atoms with Crippen molar-refractivity contribution in [3.63, 3.8) is 0 Å². The van der Waals surface area contributed by atoms with Crippen LogP contribution in [-0.2, 0) is 0 Å². The molecule has 2 aliphatic rings. The SMILES string of the molecule is S=C(NC1CCCCCCC1)NC1CCCC1. The van der Waals surface area contributed by atoms with E-state index in [1.807, 2.05) is 0 Å². The average molecular weight is 254 g/mol. The fourth-order valence-electron chi connectivity index (χ4n) is 3.08. The maximum atomic E-state index is 5.43. The van der Waals surface area contributed by atoms with Gasteiger partial charge in [0.15, 0.2) is 5.11 Å². The van der Waals surface area contributed by atoms with Crippen LogP contribution in [0.1, 0.15) is 70.6 Å². The first-order chi connectivity index (χ1) is 8.34. The molecule has 2 fully saturated rings. The Morgan fingerprint density at radius 3 is 1.47 bits per heavy atom. The topological polar surface area (TPSA) is 24.1 Å². The van der Waals surface area contributed by atoms with E-state index < -0.39 is 0 Å². The van der Waals surface area contributed by atoms with Crippen LogP contribution in [0.25, 0.3) is 0 Å². The van der Waals surface area contributed by atoms with Gasteiger partial charge < -0.3 is 10.6 Å². The fourth-order valence-corrected chi connectivity index (χ4v) is 3.42. The maximum absolute atomic E-state index is 5.43. The maximum Gasteiger partial charge on any atom is 0.166 e. The van der Waals surface area contributed by atoms with Crippen molar-refractivity contribution in [2.45, 2.75) is 82.7 Å². The normalized spacial score (nSPS) is 24.0. The summed E-state index contributed by atoms with van der Waals surface area (Å²) in [6.45, 7) is 0. The minimum Gasteiger partial charge on any atom is -0.360 e. The third kappa shape index (κ3) is 4.82. The first-order valence-corrected chi connectivity index (χ1v) is 7.82.